The van der Waals surface area contributed by atoms with Gasteiger partial charge in [-0.05, 0) is 56.0 Å². The first-order valence-corrected chi connectivity index (χ1v) is 10.5. The van der Waals surface area contributed by atoms with Gasteiger partial charge in [0.2, 0.25) is 0 Å². The second kappa shape index (κ2) is 8.96. The van der Waals surface area contributed by atoms with Crippen LogP contribution in [0.25, 0.3) is 11.3 Å². The molecule has 1 atom stereocenters. The van der Waals surface area contributed by atoms with Gasteiger partial charge in [-0.3, -0.25) is 4.98 Å². The maximum absolute atomic E-state index is 5.05. The zero-order valence-corrected chi connectivity index (χ0v) is 17.9. The highest BCUT2D eigenvalue weighted by Gasteiger charge is 2.17. The monoisotopic (exact) mass is 392 g/mol. The minimum absolute atomic E-state index is 0.0798. The second-order valence-electron chi connectivity index (χ2n) is 7.97. The van der Waals surface area contributed by atoms with Crippen LogP contribution >= 0.6 is 0 Å². The van der Waals surface area contributed by atoms with Gasteiger partial charge in [-0.25, -0.2) is 0 Å². The molecule has 0 radical (unpaired) electrons. The molecule has 0 aliphatic carbocycles. The Kier molecular flexibility index (Phi) is 5.94. The first-order chi connectivity index (χ1) is 14.6. The van der Waals surface area contributed by atoms with Crippen LogP contribution in [0.5, 0.6) is 0 Å². The smallest absolute Gasteiger partial charge is 0.0725 e. The summed E-state index contributed by atoms with van der Waals surface area (Å²) in [6.07, 6.45) is 0.874. The Morgan fingerprint density at radius 1 is 0.733 bits per heavy atom. The van der Waals surface area contributed by atoms with Crippen molar-refractivity contribution in [3.63, 3.8) is 0 Å². The van der Waals surface area contributed by atoms with Crippen LogP contribution in [-0.4, -0.2) is 4.98 Å². The molecular weight excluding hydrogens is 364 g/mol. The van der Waals surface area contributed by atoms with Crippen molar-refractivity contribution < 1.29 is 0 Å². The molecular formula is C28H28N2. The average Bonchev–Trinajstić information content (AvgIpc) is 2.77. The topological polar surface area (TPSA) is 24.9 Å². The quantitative estimate of drug-likeness (QED) is 0.379. The normalized spacial score (nSPS) is 11.8. The number of aryl methyl sites for hydroxylation is 3. The first-order valence-electron chi connectivity index (χ1n) is 10.5. The summed E-state index contributed by atoms with van der Waals surface area (Å²) in [5, 5.41) is 3.82. The van der Waals surface area contributed by atoms with Gasteiger partial charge in [0.05, 0.1) is 17.4 Å². The molecule has 0 amide bonds. The van der Waals surface area contributed by atoms with Crippen LogP contribution in [0.4, 0.5) is 5.69 Å². The van der Waals surface area contributed by atoms with Crippen molar-refractivity contribution in [3.8, 4) is 11.3 Å². The lowest BCUT2D eigenvalue weighted by atomic mass is 9.99. The molecule has 4 aromatic rings. The molecule has 0 bridgehead atoms. The maximum atomic E-state index is 5.05. The molecule has 0 saturated heterocycles. The third-order valence-corrected chi connectivity index (χ3v) is 5.48. The van der Waals surface area contributed by atoms with Crippen LogP contribution in [-0.2, 0) is 6.42 Å². The van der Waals surface area contributed by atoms with Gasteiger partial charge in [0.25, 0.3) is 0 Å². The first kappa shape index (κ1) is 19.9. The lowest BCUT2D eigenvalue weighted by Crippen LogP contribution is -2.17. The van der Waals surface area contributed by atoms with Crippen molar-refractivity contribution >= 4 is 5.69 Å². The number of aromatic nitrogens is 1. The number of hydrogen-bond donors (Lipinski definition) is 1. The van der Waals surface area contributed by atoms with E-state index in [2.05, 4.69) is 111 Å². The molecule has 0 saturated carbocycles. The van der Waals surface area contributed by atoms with Gasteiger partial charge in [0, 0.05) is 11.3 Å². The van der Waals surface area contributed by atoms with Crippen LogP contribution in [0.1, 0.15) is 34.0 Å². The highest BCUT2D eigenvalue weighted by Crippen LogP contribution is 2.29. The Labute approximate surface area is 179 Å². The lowest BCUT2D eigenvalue weighted by Gasteiger charge is -2.23. The molecule has 1 N–H and O–H groups in total. The standard InChI is InChI=1S/C28H28N2/c1-20-17-21(2)28(22(3)18-20)30-27(19-23-11-6-4-7-12-23)26-16-10-15-25(29-26)24-13-8-5-9-14-24/h4-18,27,30H,19H2,1-3H3. The zero-order valence-electron chi connectivity index (χ0n) is 17.9. The number of anilines is 1. The van der Waals surface area contributed by atoms with Gasteiger partial charge < -0.3 is 5.32 Å². The molecule has 4 rings (SSSR count). The fourth-order valence-corrected chi connectivity index (χ4v) is 4.08. The molecule has 0 aliphatic rings. The Morgan fingerprint density at radius 3 is 2.03 bits per heavy atom. The highest BCUT2D eigenvalue weighted by molar-refractivity contribution is 5.61. The summed E-state index contributed by atoms with van der Waals surface area (Å²) in [7, 11) is 0. The summed E-state index contributed by atoms with van der Waals surface area (Å²) in [6.45, 7) is 6.50. The summed E-state index contributed by atoms with van der Waals surface area (Å²) in [5.74, 6) is 0. The number of benzene rings is 3. The molecule has 30 heavy (non-hydrogen) atoms. The average molecular weight is 393 g/mol. The van der Waals surface area contributed by atoms with Gasteiger partial charge in [-0.15, -0.1) is 0 Å². The van der Waals surface area contributed by atoms with Gasteiger partial charge in [0.1, 0.15) is 0 Å². The zero-order chi connectivity index (χ0) is 20.9. The van der Waals surface area contributed by atoms with Gasteiger partial charge in [0.15, 0.2) is 0 Å². The number of rotatable bonds is 6. The molecule has 2 heteroatoms. The predicted octanol–water partition coefficient (Wildman–Crippen LogP) is 7.07. The Bertz CT molecular complexity index is 1090. The van der Waals surface area contributed by atoms with E-state index in [1.54, 1.807) is 0 Å². The van der Waals surface area contributed by atoms with E-state index in [1.807, 2.05) is 6.07 Å². The molecule has 1 heterocycles. The number of nitrogens with one attached hydrogen (secondary N) is 1. The fourth-order valence-electron chi connectivity index (χ4n) is 4.08. The van der Waals surface area contributed by atoms with Crippen molar-refractivity contribution in [2.75, 3.05) is 5.32 Å². The molecule has 2 nitrogen and oxygen atoms in total. The Hall–Kier alpha value is -3.39. The van der Waals surface area contributed by atoms with E-state index in [1.165, 1.54) is 27.9 Å². The minimum Gasteiger partial charge on any atom is -0.376 e. The fraction of sp³-hybridized carbons (Fsp3) is 0.179. The second-order valence-corrected chi connectivity index (χ2v) is 7.97. The lowest BCUT2D eigenvalue weighted by molar-refractivity contribution is 0.745. The number of pyridine rings is 1. The van der Waals surface area contributed by atoms with E-state index in [0.29, 0.717) is 0 Å². The minimum atomic E-state index is 0.0798. The van der Waals surface area contributed by atoms with Crippen LogP contribution in [0.15, 0.2) is 91.0 Å². The van der Waals surface area contributed by atoms with Crippen molar-refractivity contribution in [3.05, 3.63) is 119 Å². The molecule has 3 aromatic carbocycles. The molecule has 0 spiro atoms. The van der Waals surface area contributed by atoms with Crippen molar-refractivity contribution in [2.24, 2.45) is 0 Å². The van der Waals surface area contributed by atoms with Crippen LogP contribution in [0.2, 0.25) is 0 Å². The largest absolute Gasteiger partial charge is 0.376 e. The van der Waals surface area contributed by atoms with Gasteiger partial charge in [-0.2, -0.15) is 0 Å². The molecule has 0 fully saturated rings. The van der Waals surface area contributed by atoms with Gasteiger partial charge >= 0.3 is 0 Å². The summed E-state index contributed by atoms with van der Waals surface area (Å²) in [4.78, 5) is 5.05. The van der Waals surface area contributed by atoms with Crippen molar-refractivity contribution in [1.29, 1.82) is 0 Å². The van der Waals surface area contributed by atoms with Crippen molar-refractivity contribution in [1.82, 2.24) is 4.98 Å². The van der Waals surface area contributed by atoms with Gasteiger partial charge in [-0.1, -0.05) is 84.4 Å². The van der Waals surface area contributed by atoms with Crippen LogP contribution < -0.4 is 5.32 Å². The van der Waals surface area contributed by atoms with E-state index in [9.17, 15) is 0 Å². The SMILES string of the molecule is Cc1cc(C)c(NC(Cc2ccccc2)c2cccc(-c3ccccc3)n2)c(C)c1. The molecule has 150 valence electrons. The number of nitrogens with zero attached hydrogens (tertiary/aromatic N) is 1. The van der Waals surface area contributed by atoms with E-state index in [0.717, 1.165) is 23.4 Å². The van der Waals surface area contributed by atoms with E-state index in [4.69, 9.17) is 4.98 Å². The Balaban J connectivity index is 1.73. The van der Waals surface area contributed by atoms with Crippen LogP contribution in [0, 0.1) is 20.8 Å². The third kappa shape index (κ3) is 4.60. The van der Waals surface area contributed by atoms with E-state index >= 15 is 0 Å². The predicted molar refractivity (Wildman–Crippen MR) is 127 cm³/mol. The van der Waals surface area contributed by atoms with E-state index < -0.39 is 0 Å². The number of hydrogen-bond acceptors (Lipinski definition) is 2. The molecule has 0 aliphatic heterocycles. The summed E-state index contributed by atoms with van der Waals surface area (Å²) in [6, 6.07) is 31.9. The summed E-state index contributed by atoms with van der Waals surface area (Å²) in [5.41, 5.74) is 9.53. The van der Waals surface area contributed by atoms with E-state index in [-0.39, 0.29) is 6.04 Å². The summed E-state index contributed by atoms with van der Waals surface area (Å²) >= 11 is 0. The maximum Gasteiger partial charge on any atom is 0.0725 e. The third-order valence-electron chi connectivity index (χ3n) is 5.48. The van der Waals surface area contributed by atoms with Crippen molar-refractivity contribution in [2.45, 2.75) is 33.2 Å². The summed E-state index contributed by atoms with van der Waals surface area (Å²) < 4.78 is 0. The highest BCUT2D eigenvalue weighted by atomic mass is 15.0. The molecule has 1 aromatic heterocycles. The van der Waals surface area contributed by atoms with Crippen LogP contribution in [0.3, 0.4) is 0 Å². The molecule has 1 unspecified atom stereocenters. The Morgan fingerprint density at radius 2 is 1.37 bits per heavy atom.